The zero-order valence-corrected chi connectivity index (χ0v) is 16.5. The standard InChI is InChI=1S/C16H34N4.HI/c1-4-6-7-11-18-16(17-5-2)19-12-8-15-9-13-20(3)14-10-15;/h15H,4-14H2,1-3H3,(H2,17,18,19);1H. The summed E-state index contributed by atoms with van der Waals surface area (Å²) in [7, 11) is 2.22. The molecule has 0 unspecified atom stereocenters. The summed E-state index contributed by atoms with van der Waals surface area (Å²) in [5.41, 5.74) is 0. The van der Waals surface area contributed by atoms with E-state index in [4.69, 9.17) is 0 Å². The summed E-state index contributed by atoms with van der Waals surface area (Å²) in [6.45, 7) is 9.81. The second kappa shape index (κ2) is 13.6. The molecule has 0 bridgehead atoms. The number of aliphatic imine (C=N–C) groups is 1. The molecule has 1 saturated heterocycles. The average Bonchev–Trinajstić information content (AvgIpc) is 2.45. The minimum absolute atomic E-state index is 0. The lowest BCUT2D eigenvalue weighted by atomic mass is 9.94. The maximum atomic E-state index is 4.63. The molecular weight excluding hydrogens is 375 g/mol. The Morgan fingerprint density at radius 2 is 1.86 bits per heavy atom. The van der Waals surface area contributed by atoms with Crippen molar-refractivity contribution in [1.29, 1.82) is 0 Å². The second-order valence-corrected chi connectivity index (χ2v) is 5.93. The monoisotopic (exact) mass is 410 g/mol. The molecule has 2 N–H and O–H groups in total. The zero-order chi connectivity index (χ0) is 14.6. The van der Waals surface area contributed by atoms with Crippen molar-refractivity contribution in [3.63, 3.8) is 0 Å². The normalized spacial score (nSPS) is 17.4. The fraction of sp³-hybridized carbons (Fsp3) is 0.938. The molecule has 4 nitrogen and oxygen atoms in total. The molecule has 126 valence electrons. The van der Waals surface area contributed by atoms with Crippen molar-refractivity contribution in [1.82, 2.24) is 15.5 Å². The van der Waals surface area contributed by atoms with E-state index in [1.807, 2.05) is 0 Å². The van der Waals surface area contributed by atoms with Crippen LogP contribution >= 0.6 is 24.0 Å². The first-order valence-electron chi connectivity index (χ1n) is 8.47. The largest absolute Gasteiger partial charge is 0.357 e. The van der Waals surface area contributed by atoms with Crippen LogP contribution in [-0.2, 0) is 0 Å². The van der Waals surface area contributed by atoms with E-state index in [0.29, 0.717) is 0 Å². The average molecular weight is 410 g/mol. The maximum Gasteiger partial charge on any atom is 0.191 e. The molecule has 0 saturated carbocycles. The zero-order valence-electron chi connectivity index (χ0n) is 14.2. The molecule has 0 aromatic heterocycles. The number of unbranched alkanes of at least 4 members (excludes halogenated alkanes) is 2. The van der Waals surface area contributed by atoms with Gasteiger partial charge in [0.2, 0.25) is 0 Å². The summed E-state index contributed by atoms with van der Waals surface area (Å²) in [6, 6.07) is 0. The van der Waals surface area contributed by atoms with Gasteiger partial charge in [0.25, 0.3) is 0 Å². The molecule has 0 atom stereocenters. The van der Waals surface area contributed by atoms with Gasteiger partial charge in [-0.1, -0.05) is 19.8 Å². The summed E-state index contributed by atoms with van der Waals surface area (Å²) in [5.74, 6) is 1.89. The fourth-order valence-corrected chi connectivity index (χ4v) is 2.64. The Morgan fingerprint density at radius 1 is 1.14 bits per heavy atom. The third kappa shape index (κ3) is 10.3. The number of nitrogens with one attached hydrogen (secondary N) is 2. The lowest BCUT2D eigenvalue weighted by molar-refractivity contribution is 0.213. The first-order valence-corrected chi connectivity index (χ1v) is 8.47. The molecule has 0 aliphatic carbocycles. The van der Waals surface area contributed by atoms with Crippen molar-refractivity contribution in [3.8, 4) is 0 Å². The van der Waals surface area contributed by atoms with Crippen LogP contribution in [-0.4, -0.2) is 50.6 Å². The van der Waals surface area contributed by atoms with Gasteiger partial charge in [0.05, 0.1) is 0 Å². The molecule has 0 spiro atoms. The highest BCUT2D eigenvalue weighted by Gasteiger charge is 2.16. The Labute approximate surface area is 148 Å². The number of rotatable bonds is 8. The van der Waals surface area contributed by atoms with E-state index in [2.05, 4.69) is 41.4 Å². The van der Waals surface area contributed by atoms with E-state index < -0.39 is 0 Å². The fourth-order valence-electron chi connectivity index (χ4n) is 2.64. The summed E-state index contributed by atoms with van der Waals surface area (Å²) >= 11 is 0. The van der Waals surface area contributed by atoms with Crippen LogP contribution in [0, 0.1) is 5.92 Å². The van der Waals surface area contributed by atoms with Gasteiger partial charge in [0.15, 0.2) is 5.96 Å². The maximum absolute atomic E-state index is 4.63. The Kier molecular flexibility index (Phi) is 13.6. The molecule has 0 amide bonds. The van der Waals surface area contributed by atoms with Crippen molar-refractivity contribution in [2.75, 3.05) is 39.8 Å². The minimum atomic E-state index is 0. The Morgan fingerprint density at radius 3 is 2.48 bits per heavy atom. The first-order chi connectivity index (χ1) is 9.76. The van der Waals surface area contributed by atoms with Gasteiger partial charge in [-0.25, -0.2) is 0 Å². The summed E-state index contributed by atoms with van der Waals surface area (Å²) in [4.78, 5) is 7.07. The topological polar surface area (TPSA) is 39.7 Å². The van der Waals surface area contributed by atoms with E-state index in [1.54, 1.807) is 0 Å². The van der Waals surface area contributed by atoms with E-state index >= 15 is 0 Å². The molecule has 0 aromatic rings. The highest BCUT2D eigenvalue weighted by molar-refractivity contribution is 14.0. The van der Waals surface area contributed by atoms with Gasteiger partial charge in [0, 0.05) is 19.6 Å². The van der Waals surface area contributed by atoms with Gasteiger partial charge < -0.3 is 15.5 Å². The predicted octanol–water partition coefficient (Wildman–Crippen LogP) is 3.08. The van der Waals surface area contributed by atoms with E-state index in [1.165, 1.54) is 51.6 Å². The van der Waals surface area contributed by atoms with E-state index in [-0.39, 0.29) is 24.0 Å². The van der Waals surface area contributed by atoms with Crippen molar-refractivity contribution in [3.05, 3.63) is 0 Å². The van der Waals surface area contributed by atoms with Crippen molar-refractivity contribution in [2.45, 2.75) is 52.4 Å². The van der Waals surface area contributed by atoms with Crippen molar-refractivity contribution in [2.24, 2.45) is 10.9 Å². The van der Waals surface area contributed by atoms with Crippen LogP contribution < -0.4 is 10.6 Å². The van der Waals surface area contributed by atoms with Gasteiger partial charge in [-0.15, -0.1) is 24.0 Å². The third-order valence-corrected chi connectivity index (χ3v) is 4.06. The Hall–Kier alpha value is -0.0400. The van der Waals surface area contributed by atoms with Gasteiger partial charge in [-0.05, 0) is 58.7 Å². The number of nitrogens with zero attached hydrogens (tertiary/aromatic N) is 2. The first kappa shape index (κ1) is 21.0. The Balaban J connectivity index is 0.00000400. The van der Waals surface area contributed by atoms with Crippen LogP contribution in [0.5, 0.6) is 0 Å². The number of piperidine rings is 1. The summed E-state index contributed by atoms with van der Waals surface area (Å²) in [5, 5.41) is 6.82. The van der Waals surface area contributed by atoms with Crippen LogP contribution in [0.25, 0.3) is 0 Å². The number of hydrogen-bond donors (Lipinski definition) is 2. The lowest BCUT2D eigenvalue weighted by Crippen LogP contribution is -2.39. The highest BCUT2D eigenvalue weighted by Crippen LogP contribution is 2.18. The van der Waals surface area contributed by atoms with Crippen LogP contribution in [0.3, 0.4) is 0 Å². The molecule has 0 radical (unpaired) electrons. The Bertz CT molecular complexity index is 263. The quantitative estimate of drug-likeness (QED) is 0.280. The van der Waals surface area contributed by atoms with Crippen LogP contribution in [0.1, 0.15) is 52.4 Å². The summed E-state index contributed by atoms with van der Waals surface area (Å²) in [6.07, 6.45) is 7.70. The molecule has 1 aliphatic rings. The second-order valence-electron chi connectivity index (χ2n) is 5.93. The molecule has 1 rings (SSSR count). The third-order valence-electron chi connectivity index (χ3n) is 4.06. The summed E-state index contributed by atoms with van der Waals surface area (Å²) < 4.78 is 0. The van der Waals surface area contributed by atoms with Crippen LogP contribution in [0.4, 0.5) is 0 Å². The molecule has 1 heterocycles. The molecule has 5 heteroatoms. The highest BCUT2D eigenvalue weighted by atomic mass is 127. The predicted molar refractivity (Wildman–Crippen MR) is 104 cm³/mol. The smallest absolute Gasteiger partial charge is 0.191 e. The number of hydrogen-bond acceptors (Lipinski definition) is 2. The lowest BCUT2D eigenvalue weighted by Gasteiger charge is -2.29. The molecule has 1 fully saturated rings. The minimum Gasteiger partial charge on any atom is -0.357 e. The molecule has 21 heavy (non-hydrogen) atoms. The van der Waals surface area contributed by atoms with E-state index in [0.717, 1.165) is 31.5 Å². The SMILES string of the molecule is CCCCCN=C(NCC)NCCC1CCN(C)CC1.I. The number of halogens is 1. The number of likely N-dealkylation sites (tertiary alicyclic amines) is 1. The van der Waals surface area contributed by atoms with Crippen LogP contribution in [0.2, 0.25) is 0 Å². The van der Waals surface area contributed by atoms with Gasteiger partial charge >= 0.3 is 0 Å². The molecule has 0 aromatic carbocycles. The van der Waals surface area contributed by atoms with Crippen molar-refractivity contribution < 1.29 is 0 Å². The van der Waals surface area contributed by atoms with Gasteiger partial charge in [-0.2, -0.15) is 0 Å². The van der Waals surface area contributed by atoms with Gasteiger partial charge in [-0.3, -0.25) is 4.99 Å². The van der Waals surface area contributed by atoms with Crippen LogP contribution in [0.15, 0.2) is 4.99 Å². The molecule has 1 aliphatic heterocycles. The van der Waals surface area contributed by atoms with Gasteiger partial charge in [0.1, 0.15) is 0 Å². The number of guanidine groups is 1. The molecular formula is C16H35IN4. The van der Waals surface area contributed by atoms with Crippen molar-refractivity contribution >= 4 is 29.9 Å². The van der Waals surface area contributed by atoms with E-state index in [9.17, 15) is 0 Å².